The number of hydrogen-bond donors (Lipinski definition) is 1. The molecule has 0 saturated heterocycles. The van der Waals surface area contributed by atoms with E-state index in [1.165, 1.54) is 23.3 Å². The van der Waals surface area contributed by atoms with Gasteiger partial charge in [0.25, 0.3) is 0 Å². The lowest BCUT2D eigenvalue weighted by Crippen LogP contribution is -2.21. The maximum absolute atomic E-state index is 6.08. The molecule has 1 aromatic carbocycles. The molecule has 1 fully saturated rings. The highest BCUT2D eigenvalue weighted by atomic mass is 32.2. The number of nitrogens with zero attached hydrogens (tertiary/aromatic N) is 4. The zero-order chi connectivity index (χ0) is 13.9. The summed E-state index contributed by atoms with van der Waals surface area (Å²) < 4.78 is 1.95. The van der Waals surface area contributed by atoms with Gasteiger partial charge in [-0.15, -0.1) is 5.10 Å². The Hall–Kier alpha value is -1.40. The molecule has 5 nitrogen and oxygen atoms in total. The Labute approximate surface area is 122 Å². The molecule has 106 valence electrons. The number of tetrazole rings is 1. The van der Waals surface area contributed by atoms with Crippen LogP contribution in [0.25, 0.3) is 0 Å². The molecule has 1 aromatic heterocycles. The largest absolute Gasteiger partial charge is 0.327 e. The summed E-state index contributed by atoms with van der Waals surface area (Å²) in [7, 11) is 0. The third-order valence-electron chi connectivity index (χ3n) is 3.54. The lowest BCUT2D eigenvalue weighted by atomic mass is 10.1. The number of nitrogens with two attached hydrogens (primary N) is 1. The molecule has 2 aromatic rings. The molecule has 20 heavy (non-hydrogen) atoms. The maximum atomic E-state index is 6.08. The zero-order valence-electron chi connectivity index (χ0n) is 11.6. The minimum atomic E-state index is 0.205. The molecular weight excluding hydrogens is 270 g/mol. The van der Waals surface area contributed by atoms with E-state index in [2.05, 4.69) is 46.7 Å². The van der Waals surface area contributed by atoms with Gasteiger partial charge in [-0.1, -0.05) is 25.1 Å². The Morgan fingerprint density at radius 3 is 2.95 bits per heavy atom. The average molecular weight is 289 g/mol. The number of hydrogen-bond acceptors (Lipinski definition) is 5. The van der Waals surface area contributed by atoms with E-state index >= 15 is 0 Å². The van der Waals surface area contributed by atoms with E-state index in [1.54, 1.807) is 11.8 Å². The second kappa shape index (κ2) is 5.93. The summed E-state index contributed by atoms with van der Waals surface area (Å²) in [5, 5.41) is 12.9. The van der Waals surface area contributed by atoms with E-state index in [9.17, 15) is 0 Å². The van der Waals surface area contributed by atoms with Crippen LogP contribution >= 0.6 is 11.8 Å². The molecule has 1 unspecified atom stereocenters. The molecule has 0 amide bonds. The van der Waals surface area contributed by atoms with Crippen LogP contribution in [0, 0.1) is 0 Å². The molecule has 1 atom stereocenters. The Balaban J connectivity index is 1.81. The van der Waals surface area contributed by atoms with Gasteiger partial charge in [-0.25, -0.2) is 4.68 Å². The highest BCUT2D eigenvalue weighted by Crippen LogP contribution is 2.38. The van der Waals surface area contributed by atoms with Crippen LogP contribution in [-0.4, -0.2) is 26.2 Å². The van der Waals surface area contributed by atoms with Crippen molar-refractivity contribution in [3.05, 3.63) is 29.8 Å². The van der Waals surface area contributed by atoms with E-state index in [4.69, 9.17) is 5.73 Å². The Kier molecular flexibility index (Phi) is 4.03. The molecule has 2 N–H and O–H groups in total. The molecule has 1 saturated carbocycles. The average Bonchev–Trinajstić information content (AvgIpc) is 3.21. The van der Waals surface area contributed by atoms with E-state index < -0.39 is 0 Å². The monoisotopic (exact) mass is 289 g/mol. The van der Waals surface area contributed by atoms with E-state index in [-0.39, 0.29) is 6.04 Å². The van der Waals surface area contributed by atoms with Gasteiger partial charge in [0.15, 0.2) is 0 Å². The van der Waals surface area contributed by atoms with E-state index in [0.29, 0.717) is 6.04 Å². The summed E-state index contributed by atoms with van der Waals surface area (Å²) in [4.78, 5) is 1.20. The number of aromatic nitrogens is 4. The minimum Gasteiger partial charge on any atom is -0.327 e. The van der Waals surface area contributed by atoms with Gasteiger partial charge in [0, 0.05) is 10.9 Å². The van der Waals surface area contributed by atoms with Crippen LogP contribution in [0.15, 0.2) is 34.3 Å². The molecule has 0 bridgehead atoms. The van der Waals surface area contributed by atoms with Crippen molar-refractivity contribution in [2.75, 3.05) is 0 Å². The summed E-state index contributed by atoms with van der Waals surface area (Å²) in [6.45, 7) is 2.12. The zero-order valence-corrected chi connectivity index (χ0v) is 12.4. The van der Waals surface area contributed by atoms with Gasteiger partial charge < -0.3 is 5.73 Å². The fourth-order valence-electron chi connectivity index (χ4n) is 2.10. The molecule has 0 radical (unpaired) electrons. The van der Waals surface area contributed by atoms with Crippen molar-refractivity contribution in [3.8, 4) is 0 Å². The standard InChI is InChI=1S/C14H19N5S/c1-2-11(15)9-10-5-3-4-6-13(10)20-14-16-17-18-19(14)12-7-8-12/h3-6,11-12H,2,7-9,15H2,1H3. The molecule has 1 aliphatic rings. The van der Waals surface area contributed by atoms with Crippen molar-refractivity contribution < 1.29 is 0 Å². The summed E-state index contributed by atoms with van der Waals surface area (Å²) >= 11 is 1.64. The van der Waals surface area contributed by atoms with Gasteiger partial charge in [0.2, 0.25) is 5.16 Å². The van der Waals surface area contributed by atoms with Crippen LogP contribution in [0.2, 0.25) is 0 Å². The Bertz CT molecular complexity index is 578. The molecule has 1 heterocycles. The van der Waals surface area contributed by atoms with Crippen molar-refractivity contribution in [2.24, 2.45) is 5.73 Å². The molecule has 3 rings (SSSR count). The summed E-state index contributed by atoms with van der Waals surface area (Å²) in [5.41, 5.74) is 7.36. The fourth-order valence-corrected chi connectivity index (χ4v) is 3.08. The molecule has 1 aliphatic carbocycles. The quantitative estimate of drug-likeness (QED) is 0.884. The lowest BCUT2D eigenvalue weighted by molar-refractivity contribution is 0.565. The first-order valence-electron chi connectivity index (χ1n) is 7.07. The highest BCUT2D eigenvalue weighted by Gasteiger charge is 2.28. The number of benzene rings is 1. The van der Waals surface area contributed by atoms with Gasteiger partial charge in [-0.05, 0) is 59.5 Å². The van der Waals surface area contributed by atoms with Gasteiger partial charge >= 0.3 is 0 Å². The third-order valence-corrected chi connectivity index (χ3v) is 4.61. The van der Waals surface area contributed by atoms with Crippen LogP contribution in [0.4, 0.5) is 0 Å². The van der Waals surface area contributed by atoms with Crippen LogP contribution in [0.5, 0.6) is 0 Å². The third kappa shape index (κ3) is 3.02. The minimum absolute atomic E-state index is 0.205. The predicted octanol–water partition coefficient (Wildman–Crippen LogP) is 2.44. The highest BCUT2D eigenvalue weighted by molar-refractivity contribution is 7.99. The second-order valence-electron chi connectivity index (χ2n) is 5.22. The van der Waals surface area contributed by atoms with Gasteiger partial charge in [0.1, 0.15) is 0 Å². The normalized spacial score (nSPS) is 16.3. The van der Waals surface area contributed by atoms with Crippen LogP contribution in [0.1, 0.15) is 37.8 Å². The van der Waals surface area contributed by atoms with Crippen molar-refractivity contribution in [2.45, 2.75) is 54.7 Å². The van der Waals surface area contributed by atoms with Crippen LogP contribution < -0.4 is 5.73 Å². The van der Waals surface area contributed by atoms with Crippen molar-refractivity contribution in [3.63, 3.8) is 0 Å². The van der Waals surface area contributed by atoms with Gasteiger partial charge in [-0.2, -0.15) is 0 Å². The lowest BCUT2D eigenvalue weighted by Gasteiger charge is -2.12. The first-order valence-corrected chi connectivity index (χ1v) is 7.88. The predicted molar refractivity (Wildman–Crippen MR) is 78.6 cm³/mol. The summed E-state index contributed by atoms with van der Waals surface area (Å²) in [6.07, 6.45) is 4.24. The van der Waals surface area contributed by atoms with Crippen molar-refractivity contribution >= 4 is 11.8 Å². The summed E-state index contributed by atoms with van der Waals surface area (Å²) in [6, 6.07) is 9.08. The van der Waals surface area contributed by atoms with E-state index in [0.717, 1.165) is 18.0 Å². The van der Waals surface area contributed by atoms with Crippen molar-refractivity contribution in [1.29, 1.82) is 0 Å². The first kappa shape index (κ1) is 13.6. The maximum Gasteiger partial charge on any atom is 0.214 e. The molecule has 6 heteroatoms. The number of rotatable bonds is 6. The summed E-state index contributed by atoms with van der Waals surface area (Å²) in [5.74, 6) is 0. The molecular formula is C14H19N5S. The SMILES string of the molecule is CCC(N)Cc1ccccc1Sc1nnnn1C1CC1. The topological polar surface area (TPSA) is 69.6 Å². The fraction of sp³-hybridized carbons (Fsp3) is 0.500. The second-order valence-corrected chi connectivity index (χ2v) is 6.23. The van der Waals surface area contributed by atoms with Gasteiger partial charge in [0.05, 0.1) is 6.04 Å². The Morgan fingerprint density at radius 2 is 2.20 bits per heavy atom. The van der Waals surface area contributed by atoms with Crippen LogP contribution in [-0.2, 0) is 6.42 Å². The van der Waals surface area contributed by atoms with Crippen LogP contribution in [0.3, 0.4) is 0 Å². The molecule has 0 aliphatic heterocycles. The first-order chi connectivity index (χ1) is 9.78. The van der Waals surface area contributed by atoms with Crippen molar-refractivity contribution in [1.82, 2.24) is 20.2 Å². The van der Waals surface area contributed by atoms with Gasteiger partial charge in [-0.3, -0.25) is 0 Å². The smallest absolute Gasteiger partial charge is 0.214 e. The molecule has 0 spiro atoms. The Morgan fingerprint density at radius 1 is 1.40 bits per heavy atom. The van der Waals surface area contributed by atoms with E-state index in [1.807, 2.05) is 4.68 Å².